The summed E-state index contributed by atoms with van der Waals surface area (Å²) in [4.78, 5) is 42.2. The third kappa shape index (κ3) is 5.57. The molecule has 172 valence electrons. The Morgan fingerprint density at radius 1 is 0.794 bits per heavy atom. The number of nitro groups is 2. The first-order valence-electron chi connectivity index (χ1n) is 9.60. The molecular formula is C21H14N4O7S2. The highest BCUT2D eigenvalue weighted by Crippen LogP contribution is 2.30. The second kappa shape index (κ2) is 10.1. The van der Waals surface area contributed by atoms with Gasteiger partial charge in [0, 0.05) is 71.4 Å². The molecule has 13 heteroatoms. The van der Waals surface area contributed by atoms with Crippen molar-refractivity contribution in [1.29, 1.82) is 0 Å². The normalized spacial score (nSPS) is 10.6. The van der Waals surface area contributed by atoms with E-state index < -0.39 is 16.0 Å². The van der Waals surface area contributed by atoms with Gasteiger partial charge >= 0.3 is 6.16 Å². The van der Waals surface area contributed by atoms with Crippen molar-refractivity contribution < 1.29 is 24.1 Å². The van der Waals surface area contributed by atoms with Crippen LogP contribution in [0, 0.1) is 20.2 Å². The SMILES string of the molecule is O=C(Oc1ccc([N+](=O)[O-])cc1Cc1nccs1)Oc1ccc([N+](=O)[O-])cc1Cc1nccs1. The Kier molecular flexibility index (Phi) is 6.85. The zero-order chi connectivity index (χ0) is 24.1. The molecule has 4 aromatic rings. The molecule has 0 aliphatic heterocycles. The van der Waals surface area contributed by atoms with Gasteiger partial charge in [-0.3, -0.25) is 20.2 Å². The lowest BCUT2D eigenvalue weighted by Gasteiger charge is -2.12. The molecule has 0 fully saturated rings. The van der Waals surface area contributed by atoms with Gasteiger partial charge in [0.15, 0.2) is 0 Å². The van der Waals surface area contributed by atoms with E-state index in [0.717, 1.165) is 0 Å². The van der Waals surface area contributed by atoms with E-state index in [1.54, 1.807) is 23.2 Å². The minimum absolute atomic E-state index is 0.0779. The van der Waals surface area contributed by atoms with Crippen LogP contribution in [0.2, 0.25) is 0 Å². The third-order valence-electron chi connectivity index (χ3n) is 4.55. The number of carbonyl (C=O) groups is 1. The molecule has 0 N–H and O–H groups in total. The van der Waals surface area contributed by atoms with E-state index in [4.69, 9.17) is 9.47 Å². The maximum Gasteiger partial charge on any atom is 0.519 e. The Balaban J connectivity index is 1.57. The van der Waals surface area contributed by atoms with Crippen LogP contribution in [-0.4, -0.2) is 26.0 Å². The van der Waals surface area contributed by atoms with Gasteiger partial charge in [-0.2, -0.15) is 0 Å². The van der Waals surface area contributed by atoms with Gasteiger partial charge in [0.25, 0.3) is 11.4 Å². The summed E-state index contributed by atoms with van der Waals surface area (Å²) in [5, 5.41) is 27.3. The second-order valence-corrected chi connectivity index (χ2v) is 8.72. The number of nitrogens with zero attached hydrogens (tertiary/aromatic N) is 4. The van der Waals surface area contributed by atoms with E-state index in [1.165, 1.54) is 59.1 Å². The van der Waals surface area contributed by atoms with Crippen molar-refractivity contribution in [3.8, 4) is 11.5 Å². The van der Waals surface area contributed by atoms with Crippen molar-refractivity contribution in [3.63, 3.8) is 0 Å². The van der Waals surface area contributed by atoms with E-state index in [-0.39, 0.29) is 35.7 Å². The fraction of sp³-hybridized carbons (Fsp3) is 0.0952. The molecule has 0 aliphatic rings. The molecule has 11 nitrogen and oxygen atoms in total. The van der Waals surface area contributed by atoms with E-state index in [0.29, 0.717) is 21.1 Å². The summed E-state index contributed by atoms with van der Waals surface area (Å²) in [6.45, 7) is 0. The van der Waals surface area contributed by atoms with E-state index in [2.05, 4.69) is 9.97 Å². The highest BCUT2D eigenvalue weighted by molar-refractivity contribution is 7.09. The van der Waals surface area contributed by atoms with Gasteiger partial charge < -0.3 is 9.47 Å². The van der Waals surface area contributed by atoms with Crippen LogP contribution in [-0.2, 0) is 12.8 Å². The van der Waals surface area contributed by atoms with Gasteiger partial charge in [0.05, 0.1) is 19.9 Å². The van der Waals surface area contributed by atoms with Gasteiger partial charge in [-0.05, 0) is 12.1 Å². The Morgan fingerprint density at radius 3 is 1.59 bits per heavy atom. The minimum Gasteiger partial charge on any atom is -0.394 e. The number of thiazole rings is 2. The largest absolute Gasteiger partial charge is 0.519 e. The molecule has 4 rings (SSSR count). The first-order valence-corrected chi connectivity index (χ1v) is 11.4. The number of carbonyl (C=O) groups excluding carboxylic acids is 1. The van der Waals surface area contributed by atoms with Crippen LogP contribution in [0.25, 0.3) is 0 Å². The fourth-order valence-corrected chi connectivity index (χ4v) is 4.32. The molecule has 0 amide bonds. The van der Waals surface area contributed by atoms with Crippen LogP contribution < -0.4 is 9.47 Å². The van der Waals surface area contributed by atoms with Crippen LogP contribution in [0.1, 0.15) is 21.1 Å². The van der Waals surface area contributed by atoms with Gasteiger partial charge in [-0.15, -0.1) is 22.7 Å². The Hall–Kier alpha value is -4.23. The lowest BCUT2D eigenvalue weighted by molar-refractivity contribution is -0.385. The molecule has 0 aliphatic carbocycles. The van der Waals surface area contributed by atoms with Crippen LogP contribution in [0.5, 0.6) is 11.5 Å². The molecule has 0 atom stereocenters. The average molecular weight is 498 g/mol. The fourth-order valence-electron chi connectivity index (χ4n) is 3.04. The topological polar surface area (TPSA) is 148 Å². The van der Waals surface area contributed by atoms with Crippen LogP contribution in [0.3, 0.4) is 0 Å². The van der Waals surface area contributed by atoms with Crippen LogP contribution in [0.15, 0.2) is 59.6 Å². The maximum atomic E-state index is 12.6. The summed E-state index contributed by atoms with van der Waals surface area (Å²) in [5.74, 6) is 0.156. The first-order chi connectivity index (χ1) is 16.4. The lowest BCUT2D eigenvalue weighted by atomic mass is 10.1. The predicted molar refractivity (Wildman–Crippen MR) is 123 cm³/mol. The standard InChI is InChI=1S/C21H14N4O7S2/c26-21(31-17-3-1-15(24(27)28)9-13(17)11-19-22-5-7-33-19)32-18-4-2-16(25(29)30)10-14(18)12-20-23-6-8-34-20/h1-10H,11-12H2. The third-order valence-corrected chi connectivity index (χ3v) is 6.11. The number of hydrogen-bond donors (Lipinski definition) is 0. The highest BCUT2D eigenvalue weighted by atomic mass is 32.1. The van der Waals surface area contributed by atoms with Crippen molar-refractivity contribution in [3.05, 3.63) is 101 Å². The number of benzene rings is 2. The average Bonchev–Trinajstić information content (AvgIpc) is 3.50. The number of non-ortho nitro benzene ring substituents is 2. The minimum atomic E-state index is -1.09. The van der Waals surface area contributed by atoms with Gasteiger partial charge in [-0.25, -0.2) is 14.8 Å². The van der Waals surface area contributed by atoms with E-state index in [1.807, 2.05) is 0 Å². The van der Waals surface area contributed by atoms with Crippen LogP contribution in [0.4, 0.5) is 16.2 Å². The van der Waals surface area contributed by atoms with Crippen LogP contribution >= 0.6 is 22.7 Å². The Labute approximate surface area is 199 Å². The van der Waals surface area contributed by atoms with E-state index in [9.17, 15) is 25.0 Å². The molecule has 2 aromatic heterocycles. The molecule has 2 aromatic carbocycles. The molecule has 34 heavy (non-hydrogen) atoms. The highest BCUT2D eigenvalue weighted by Gasteiger charge is 2.20. The maximum absolute atomic E-state index is 12.6. The molecule has 0 radical (unpaired) electrons. The number of hydrogen-bond acceptors (Lipinski definition) is 11. The summed E-state index contributed by atoms with van der Waals surface area (Å²) < 4.78 is 10.7. The molecule has 0 saturated carbocycles. The van der Waals surface area contributed by atoms with Gasteiger partial charge in [0.2, 0.25) is 0 Å². The number of nitro benzene ring substituents is 2. The summed E-state index contributed by atoms with van der Waals surface area (Å²) in [6.07, 6.45) is 2.54. The summed E-state index contributed by atoms with van der Waals surface area (Å²) >= 11 is 2.71. The summed E-state index contributed by atoms with van der Waals surface area (Å²) in [7, 11) is 0. The number of aromatic nitrogens is 2. The predicted octanol–water partition coefficient (Wildman–Crippen LogP) is 5.18. The van der Waals surface area contributed by atoms with Crippen molar-refractivity contribution in [2.45, 2.75) is 12.8 Å². The van der Waals surface area contributed by atoms with Crippen molar-refractivity contribution >= 4 is 40.2 Å². The molecular weight excluding hydrogens is 484 g/mol. The Bertz CT molecular complexity index is 1240. The lowest BCUT2D eigenvalue weighted by Crippen LogP contribution is -2.16. The zero-order valence-corrected chi connectivity index (χ0v) is 18.8. The summed E-state index contributed by atoms with van der Waals surface area (Å²) in [6, 6.07) is 7.68. The number of ether oxygens (including phenoxy) is 2. The van der Waals surface area contributed by atoms with Gasteiger partial charge in [-0.1, -0.05) is 0 Å². The smallest absolute Gasteiger partial charge is 0.394 e. The van der Waals surface area contributed by atoms with Crippen molar-refractivity contribution in [2.24, 2.45) is 0 Å². The molecule has 0 saturated heterocycles. The monoisotopic (exact) mass is 498 g/mol. The second-order valence-electron chi connectivity index (χ2n) is 6.76. The molecule has 0 unspecified atom stereocenters. The molecule has 0 bridgehead atoms. The van der Waals surface area contributed by atoms with Crippen molar-refractivity contribution in [2.75, 3.05) is 0 Å². The number of rotatable bonds is 8. The van der Waals surface area contributed by atoms with Gasteiger partial charge in [0.1, 0.15) is 11.5 Å². The first kappa shape index (κ1) is 22.9. The zero-order valence-electron chi connectivity index (χ0n) is 17.2. The quantitative estimate of drug-likeness (QED) is 0.139. The van der Waals surface area contributed by atoms with E-state index >= 15 is 0 Å². The summed E-state index contributed by atoms with van der Waals surface area (Å²) in [5.41, 5.74) is 0.447. The van der Waals surface area contributed by atoms with Crippen molar-refractivity contribution in [1.82, 2.24) is 9.97 Å². The molecule has 2 heterocycles. The molecule has 0 spiro atoms. The Morgan fingerprint density at radius 2 is 1.24 bits per heavy atom.